The molecule has 0 radical (unpaired) electrons. The fraction of sp³-hybridized carbons (Fsp3) is 0.765. The van der Waals surface area contributed by atoms with E-state index in [1.165, 1.54) is 31.4 Å². The maximum atomic E-state index is 3.71. The van der Waals surface area contributed by atoms with Gasteiger partial charge in [-0.25, -0.2) is 0 Å². The zero-order valence-electron chi connectivity index (χ0n) is 13.5. The van der Waals surface area contributed by atoms with E-state index in [0.717, 1.165) is 19.0 Å². The highest BCUT2D eigenvalue weighted by atomic mass is 32.1. The zero-order valence-corrected chi connectivity index (χ0v) is 14.3. The molecule has 3 heteroatoms. The van der Waals surface area contributed by atoms with Crippen molar-refractivity contribution in [1.82, 2.24) is 10.2 Å². The van der Waals surface area contributed by atoms with Gasteiger partial charge < -0.3 is 10.2 Å². The van der Waals surface area contributed by atoms with Crippen LogP contribution in [0.15, 0.2) is 16.8 Å². The van der Waals surface area contributed by atoms with Crippen molar-refractivity contribution >= 4 is 11.3 Å². The van der Waals surface area contributed by atoms with Crippen molar-refractivity contribution < 1.29 is 0 Å². The Bertz CT molecular complexity index is 386. The van der Waals surface area contributed by atoms with Crippen molar-refractivity contribution in [3.05, 3.63) is 22.4 Å². The van der Waals surface area contributed by atoms with Crippen LogP contribution in [0.4, 0.5) is 0 Å². The Morgan fingerprint density at radius 1 is 1.45 bits per heavy atom. The predicted molar refractivity (Wildman–Crippen MR) is 89.2 cm³/mol. The van der Waals surface area contributed by atoms with Gasteiger partial charge in [0.05, 0.1) is 0 Å². The Morgan fingerprint density at radius 3 is 2.90 bits per heavy atom. The second-order valence-electron chi connectivity index (χ2n) is 7.16. The Labute approximate surface area is 128 Å². The van der Waals surface area contributed by atoms with Crippen LogP contribution in [0.2, 0.25) is 0 Å². The minimum absolute atomic E-state index is 0.514. The molecule has 0 aromatic carbocycles. The van der Waals surface area contributed by atoms with Crippen LogP contribution in [0.5, 0.6) is 0 Å². The number of rotatable bonds is 6. The van der Waals surface area contributed by atoms with Gasteiger partial charge in [0, 0.05) is 19.1 Å². The fourth-order valence-corrected chi connectivity index (χ4v) is 4.28. The van der Waals surface area contributed by atoms with Crippen LogP contribution in [0.1, 0.15) is 45.6 Å². The summed E-state index contributed by atoms with van der Waals surface area (Å²) in [6.45, 7) is 10.5. The molecule has 0 amide bonds. The Morgan fingerprint density at radius 2 is 2.25 bits per heavy atom. The molecule has 1 fully saturated rings. The fourth-order valence-electron chi connectivity index (χ4n) is 3.62. The van der Waals surface area contributed by atoms with Crippen LogP contribution in [0.25, 0.3) is 0 Å². The second-order valence-corrected chi connectivity index (χ2v) is 7.94. The predicted octanol–water partition coefficient (Wildman–Crippen LogP) is 3.98. The smallest absolute Gasteiger partial charge is 0.0239 e. The Kier molecular flexibility index (Phi) is 5.65. The van der Waals surface area contributed by atoms with Gasteiger partial charge in [-0.15, -0.1) is 0 Å². The lowest BCUT2D eigenvalue weighted by Gasteiger charge is -2.42. The van der Waals surface area contributed by atoms with Crippen LogP contribution in [0.3, 0.4) is 0 Å². The molecule has 114 valence electrons. The largest absolute Gasteiger partial charge is 0.314 e. The van der Waals surface area contributed by atoms with E-state index in [4.69, 9.17) is 0 Å². The SMILES string of the molecule is CCNC1CCC(C)(C)CC1CN(C)Cc1ccsc1. The van der Waals surface area contributed by atoms with E-state index in [1.807, 2.05) is 0 Å². The lowest BCUT2D eigenvalue weighted by atomic mass is 9.69. The van der Waals surface area contributed by atoms with Gasteiger partial charge in [0.2, 0.25) is 0 Å². The lowest BCUT2D eigenvalue weighted by molar-refractivity contribution is 0.107. The third-order valence-corrected chi connectivity index (χ3v) is 5.29. The van der Waals surface area contributed by atoms with Gasteiger partial charge >= 0.3 is 0 Å². The molecule has 2 unspecified atom stereocenters. The first-order valence-electron chi connectivity index (χ1n) is 7.93. The minimum atomic E-state index is 0.514. The van der Waals surface area contributed by atoms with Crippen LogP contribution < -0.4 is 5.32 Å². The number of thiophene rings is 1. The van der Waals surface area contributed by atoms with Gasteiger partial charge in [-0.05, 0) is 66.6 Å². The molecule has 0 aliphatic heterocycles. The number of hydrogen-bond acceptors (Lipinski definition) is 3. The van der Waals surface area contributed by atoms with Gasteiger partial charge in [0.15, 0.2) is 0 Å². The van der Waals surface area contributed by atoms with Crippen molar-refractivity contribution in [2.75, 3.05) is 20.1 Å². The van der Waals surface area contributed by atoms with Crippen molar-refractivity contribution in [1.29, 1.82) is 0 Å². The average molecular weight is 295 g/mol. The molecule has 2 nitrogen and oxygen atoms in total. The highest BCUT2D eigenvalue weighted by Gasteiger charge is 2.34. The summed E-state index contributed by atoms with van der Waals surface area (Å²) in [6, 6.07) is 2.95. The third kappa shape index (κ3) is 4.57. The number of hydrogen-bond donors (Lipinski definition) is 1. The van der Waals surface area contributed by atoms with Crippen LogP contribution in [0, 0.1) is 11.3 Å². The molecule has 20 heavy (non-hydrogen) atoms. The summed E-state index contributed by atoms with van der Waals surface area (Å²) in [6.07, 6.45) is 4.03. The number of nitrogens with zero attached hydrogens (tertiary/aromatic N) is 1. The molecule has 1 N–H and O–H groups in total. The quantitative estimate of drug-likeness (QED) is 0.853. The first kappa shape index (κ1) is 16.0. The van der Waals surface area contributed by atoms with Gasteiger partial charge in [0.25, 0.3) is 0 Å². The van der Waals surface area contributed by atoms with E-state index in [0.29, 0.717) is 11.5 Å². The van der Waals surface area contributed by atoms with E-state index >= 15 is 0 Å². The van der Waals surface area contributed by atoms with E-state index in [-0.39, 0.29) is 0 Å². The molecule has 2 rings (SSSR count). The van der Waals surface area contributed by atoms with Gasteiger partial charge in [-0.3, -0.25) is 0 Å². The second kappa shape index (κ2) is 7.06. The van der Waals surface area contributed by atoms with E-state index < -0.39 is 0 Å². The molecule has 1 aliphatic rings. The van der Waals surface area contributed by atoms with Crippen LogP contribution in [-0.4, -0.2) is 31.1 Å². The molecule has 0 spiro atoms. The summed E-state index contributed by atoms with van der Waals surface area (Å²) in [4.78, 5) is 2.50. The molecule has 0 bridgehead atoms. The third-order valence-electron chi connectivity index (χ3n) is 4.56. The first-order chi connectivity index (χ1) is 9.50. The van der Waals surface area contributed by atoms with E-state index in [9.17, 15) is 0 Å². The van der Waals surface area contributed by atoms with Crippen molar-refractivity contribution in [3.8, 4) is 0 Å². The first-order valence-corrected chi connectivity index (χ1v) is 8.87. The van der Waals surface area contributed by atoms with Crippen molar-refractivity contribution in [3.63, 3.8) is 0 Å². The van der Waals surface area contributed by atoms with Crippen LogP contribution >= 0.6 is 11.3 Å². The average Bonchev–Trinajstić information content (AvgIpc) is 2.85. The topological polar surface area (TPSA) is 15.3 Å². The summed E-state index contributed by atoms with van der Waals surface area (Å²) in [5.41, 5.74) is 1.97. The standard InChI is InChI=1S/C17H30N2S/c1-5-18-16-6-8-17(2,3)10-15(16)12-19(4)11-14-7-9-20-13-14/h7,9,13,15-16,18H,5-6,8,10-12H2,1-4H3. The molecule has 1 aromatic heterocycles. The molecule has 1 saturated carbocycles. The van der Waals surface area contributed by atoms with Gasteiger partial charge in [0.1, 0.15) is 0 Å². The summed E-state index contributed by atoms with van der Waals surface area (Å²) in [5.74, 6) is 0.780. The molecule has 1 heterocycles. The molecular weight excluding hydrogens is 264 g/mol. The lowest BCUT2D eigenvalue weighted by Crippen LogP contribution is -2.46. The maximum absolute atomic E-state index is 3.71. The molecular formula is C17H30N2S. The molecule has 1 aliphatic carbocycles. The Hall–Kier alpha value is -0.380. The van der Waals surface area contributed by atoms with Gasteiger partial charge in [-0.2, -0.15) is 11.3 Å². The summed E-state index contributed by atoms with van der Waals surface area (Å²) in [7, 11) is 2.27. The van der Waals surface area contributed by atoms with Crippen molar-refractivity contribution in [2.24, 2.45) is 11.3 Å². The monoisotopic (exact) mass is 294 g/mol. The zero-order chi connectivity index (χ0) is 14.6. The molecule has 0 saturated heterocycles. The van der Waals surface area contributed by atoms with Gasteiger partial charge in [-0.1, -0.05) is 20.8 Å². The summed E-state index contributed by atoms with van der Waals surface area (Å²) >= 11 is 1.80. The summed E-state index contributed by atoms with van der Waals surface area (Å²) < 4.78 is 0. The van der Waals surface area contributed by atoms with E-state index in [1.54, 1.807) is 11.3 Å². The Balaban J connectivity index is 1.92. The molecule has 1 aromatic rings. The highest BCUT2D eigenvalue weighted by molar-refractivity contribution is 7.07. The van der Waals surface area contributed by atoms with Crippen molar-refractivity contribution in [2.45, 2.75) is 52.6 Å². The van der Waals surface area contributed by atoms with E-state index in [2.05, 4.69) is 54.9 Å². The summed E-state index contributed by atoms with van der Waals surface area (Å²) in [5, 5.41) is 8.15. The normalized spacial score (nSPS) is 26.1. The minimum Gasteiger partial charge on any atom is -0.314 e. The highest BCUT2D eigenvalue weighted by Crippen LogP contribution is 2.39. The maximum Gasteiger partial charge on any atom is 0.0239 e. The molecule has 2 atom stereocenters. The van der Waals surface area contributed by atoms with Crippen LogP contribution in [-0.2, 0) is 6.54 Å². The number of nitrogens with one attached hydrogen (secondary N) is 1.